The summed E-state index contributed by atoms with van der Waals surface area (Å²) in [5, 5.41) is 6.81. The van der Waals surface area contributed by atoms with Crippen LogP contribution in [0.1, 0.15) is 58.0 Å². The van der Waals surface area contributed by atoms with Crippen molar-refractivity contribution in [2.75, 3.05) is 0 Å². The summed E-state index contributed by atoms with van der Waals surface area (Å²) in [5.41, 5.74) is 6.86. The number of nitrogens with zero attached hydrogens (tertiary/aromatic N) is 3. The number of halogens is 5. The number of fused-ring (bicyclic) bond motifs is 1. The number of primary amides is 1. The van der Waals surface area contributed by atoms with E-state index in [2.05, 4.69) is 15.4 Å². The molecule has 1 aliphatic rings. The lowest BCUT2D eigenvalue weighted by Gasteiger charge is -2.22. The Morgan fingerprint density at radius 1 is 1.05 bits per heavy atom. The number of amides is 2. The van der Waals surface area contributed by atoms with Crippen LogP contribution in [-0.4, -0.2) is 26.6 Å². The average molecular weight is 584 g/mol. The van der Waals surface area contributed by atoms with Gasteiger partial charge in [-0.1, -0.05) is 19.1 Å². The van der Waals surface area contributed by atoms with E-state index in [1.54, 1.807) is 12.1 Å². The molecule has 4 aromatic rings. The van der Waals surface area contributed by atoms with Gasteiger partial charge < -0.3 is 11.1 Å². The van der Waals surface area contributed by atoms with Crippen LogP contribution in [0.25, 0.3) is 11.1 Å². The summed E-state index contributed by atoms with van der Waals surface area (Å²) in [6, 6.07) is 8.91. The van der Waals surface area contributed by atoms with Gasteiger partial charge in [0.1, 0.15) is 29.7 Å². The third-order valence-corrected chi connectivity index (χ3v) is 7.20. The summed E-state index contributed by atoms with van der Waals surface area (Å²) in [7, 11) is 0. The van der Waals surface area contributed by atoms with E-state index in [0.717, 1.165) is 18.2 Å². The van der Waals surface area contributed by atoms with Gasteiger partial charge in [0.05, 0.1) is 17.3 Å². The number of nitrogens with two attached hydrogens (primary N) is 1. The van der Waals surface area contributed by atoms with Crippen molar-refractivity contribution in [1.82, 2.24) is 20.1 Å². The van der Waals surface area contributed by atoms with Crippen LogP contribution >= 0.6 is 0 Å². The summed E-state index contributed by atoms with van der Waals surface area (Å²) >= 11 is 0. The Morgan fingerprint density at radius 3 is 2.48 bits per heavy atom. The van der Waals surface area contributed by atoms with Crippen molar-refractivity contribution < 1.29 is 31.5 Å². The zero-order valence-electron chi connectivity index (χ0n) is 22.4. The number of rotatable bonds is 9. The largest absolute Gasteiger partial charge is 0.366 e. The lowest BCUT2D eigenvalue weighted by Crippen LogP contribution is -2.34. The van der Waals surface area contributed by atoms with E-state index in [1.165, 1.54) is 23.0 Å². The standard InChI is InChI=1S/C30H26F5N5O2/c1-15-7-22-25(8-15)40(39-28(22)29(34)35)14-26(41)38-24(11-16-9-18(31)13-19(32)10-16)27-20(3-2-6-37-27)17-4-5-23(33)21(12-17)30(36)42/h2-6,9-10,12-13,15,24,29H,7-8,11,14H2,1H3,(H2,36,42)(H,38,41)/t15-,24-/m0/s1. The molecule has 0 aliphatic heterocycles. The lowest BCUT2D eigenvalue weighted by molar-refractivity contribution is -0.122. The number of hydrogen-bond donors (Lipinski definition) is 2. The van der Waals surface area contributed by atoms with Crippen LogP contribution in [0.5, 0.6) is 0 Å². The SMILES string of the molecule is C[C@H]1Cc2c(C(F)F)nn(CC(=O)N[C@@H](Cc3cc(F)cc(F)c3)c3ncccc3-c3ccc(F)c(C(N)=O)c3)c2C1. The molecule has 2 aromatic carbocycles. The van der Waals surface area contributed by atoms with Gasteiger partial charge in [-0.3, -0.25) is 19.3 Å². The van der Waals surface area contributed by atoms with Gasteiger partial charge in [-0.2, -0.15) is 5.10 Å². The zero-order valence-corrected chi connectivity index (χ0v) is 22.4. The second kappa shape index (κ2) is 11.7. The second-order valence-electron chi connectivity index (χ2n) is 10.4. The fourth-order valence-electron chi connectivity index (χ4n) is 5.44. The van der Waals surface area contributed by atoms with Crippen molar-refractivity contribution >= 4 is 11.8 Å². The maximum Gasteiger partial charge on any atom is 0.282 e. The average Bonchev–Trinajstić information content (AvgIpc) is 3.45. The number of nitrogens with one attached hydrogen (secondary N) is 1. The van der Waals surface area contributed by atoms with Gasteiger partial charge in [0.2, 0.25) is 5.91 Å². The van der Waals surface area contributed by atoms with Gasteiger partial charge in [0, 0.05) is 29.1 Å². The molecule has 0 spiro atoms. The number of benzene rings is 2. The van der Waals surface area contributed by atoms with E-state index in [4.69, 9.17) is 5.73 Å². The summed E-state index contributed by atoms with van der Waals surface area (Å²) in [4.78, 5) is 29.6. The van der Waals surface area contributed by atoms with Crippen molar-refractivity contribution in [1.29, 1.82) is 0 Å². The highest BCUT2D eigenvalue weighted by molar-refractivity contribution is 5.94. The Kier molecular flexibility index (Phi) is 8.06. The van der Waals surface area contributed by atoms with Gasteiger partial charge in [0.25, 0.3) is 12.3 Å². The number of carbonyl (C=O) groups is 2. The molecule has 12 heteroatoms. The smallest absolute Gasteiger partial charge is 0.282 e. The molecular formula is C30H26F5N5O2. The monoisotopic (exact) mass is 583 g/mol. The van der Waals surface area contributed by atoms with Crippen LogP contribution in [0.15, 0.2) is 54.7 Å². The van der Waals surface area contributed by atoms with E-state index < -0.39 is 41.7 Å². The topological polar surface area (TPSA) is 103 Å². The molecule has 2 amide bonds. The highest BCUT2D eigenvalue weighted by Gasteiger charge is 2.31. The molecule has 1 aliphatic carbocycles. The molecular weight excluding hydrogens is 557 g/mol. The van der Waals surface area contributed by atoms with Gasteiger partial charge in [-0.05, 0) is 66.6 Å². The maximum absolute atomic E-state index is 14.2. The molecule has 2 aromatic heterocycles. The highest BCUT2D eigenvalue weighted by atomic mass is 19.3. The zero-order chi connectivity index (χ0) is 30.1. The molecule has 0 fully saturated rings. The van der Waals surface area contributed by atoms with Crippen LogP contribution in [0.4, 0.5) is 22.0 Å². The molecule has 5 rings (SSSR count). The quantitative estimate of drug-likeness (QED) is 0.263. The lowest BCUT2D eigenvalue weighted by atomic mass is 9.94. The van der Waals surface area contributed by atoms with Crippen molar-refractivity contribution in [3.05, 3.63) is 106 Å². The first-order valence-corrected chi connectivity index (χ1v) is 13.2. The van der Waals surface area contributed by atoms with Crippen molar-refractivity contribution in [3.63, 3.8) is 0 Å². The Morgan fingerprint density at radius 2 is 1.79 bits per heavy atom. The van der Waals surface area contributed by atoms with E-state index >= 15 is 0 Å². The number of aromatic nitrogens is 3. The number of hydrogen-bond acceptors (Lipinski definition) is 4. The summed E-state index contributed by atoms with van der Waals surface area (Å²) in [6.07, 6.45) is -0.524. The first-order valence-electron chi connectivity index (χ1n) is 13.2. The van der Waals surface area contributed by atoms with Crippen LogP contribution in [0.3, 0.4) is 0 Å². The third-order valence-electron chi connectivity index (χ3n) is 7.20. The molecule has 0 unspecified atom stereocenters. The molecule has 2 atom stereocenters. The molecule has 0 bridgehead atoms. The van der Waals surface area contributed by atoms with Gasteiger partial charge in [-0.15, -0.1) is 0 Å². The molecule has 0 saturated carbocycles. The van der Waals surface area contributed by atoms with Gasteiger partial charge in [-0.25, -0.2) is 22.0 Å². The van der Waals surface area contributed by atoms with E-state index in [1.807, 2.05) is 6.92 Å². The predicted molar refractivity (Wildman–Crippen MR) is 143 cm³/mol. The molecule has 218 valence electrons. The first kappa shape index (κ1) is 28.9. The van der Waals surface area contributed by atoms with Crippen LogP contribution in [-0.2, 0) is 30.6 Å². The Hall–Kier alpha value is -4.61. The minimum absolute atomic E-state index is 0.106. The highest BCUT2D eigenvalue weighted by Crippen LogP contribution is 2.34. The minimum Gasteiger partial charge on any atom is -0.366 e. The van der Waals surface area contributed by atoms with E-state index in [-0.39, 0.29) is 41.4 Å². The van der Waals surface area contributed by atoms with Crippen molar-refractivity contribution in [3.8, 4) is 11.1 Å². The van der Waals surface area contributed by atoms with Crippen LogP contribution < -0.4 is 11.1 Å². The van der Waals surface area contributed by atoms with Crippen molar-refractivity contribution in [2.24, 2.45) is 11.7 Å². The number of carbonyl (C=O) groups excluding carboxylic acids is 2. The third kappa shape index (κ3) is 6.02. The summed E-state index contributed by atoms with van der Waals surface area (Å²) in [5.74, 6) is -3.91. The molecule has 7 nitrogen and oxygen atoms in total. The molecule has 2 heterocycles. The normalized spacial score (nSPS) is 15.1. The first-order chi connectivity index (χ1) is 20.0. The van der Waals surface area contributed by atoms with Gasteiger partial charge in [0.15, 0.2) is 0 Å². The summed E-state index contributed by atoms with van der Waals surface area (Å²) in [6.45, 7) is 1.55. The summed E-state index contributed by atoms with van der Waals surface area (Å²) < 4.78 is 70.9. The minimum atomic E-state index is -2.79. The maximum atomic E-state index is 14.2. The molecule has 3 N–H and O–H groups in total. The number of pyridine rings is 1. The van der Waals surface area contributed by atoms with E-state index in [9.17, 15) is 31.5 Å². The molecule has 0 saturated heterocycles. The van der Waals surface area contributed by atoms with Gasteiger partial charge >= 0.3 is 0 Å². The molecule has 0 radical (unpaired) electrons. The van der Waals surface area contributed by atoms with Crippen LogP contribution in [0, 0.1) is 23.4 Å². The fraction of sp³-hybridized carbons (Fsp3) is 0.267. The Labute approximate surface area is 237 Å². The Balaban J connectivity index is 1.52. The van der Waals surface area contributed by atoms with Crippen molar-refractivity contribution in [2.45, 2.75) is 45.2 Å². The fourth-order valence-corrected chi connectivity index (χ4v) is 5.44. The molecule has 42 heavy (non-hydrogen) atoms. The Bertz CT molecular complexity index is 1650. The number of alkyl halides is 2. The second-order valence-corrected chi connectivity index (χ2v) is 10.4. The van der Waals surface area contributed by atoms with Crippen LogP contribution in [0.2, 0.25) is 0 Å². The van der Waals surface area contributed by atoms with E-state index in [0.29, 0.717) is 41.3 Å². The predicted octanol–water partition coefficient (Wildman–Crippen LogP) is 5.23.